The fourth-order valence-electron chi connectivity index (χ4n) is 3.82. The molecule has 1 saturated carbocycles. The standard InChI is InChI=1S/C22H25ClN2O3/c1-15-18(23)6-5-7-19(15)25-21(27)20(26)24-14-22(12-3-4-13-22)16-8-10-17(28-2)11-9-16/h5-11H,3-4,12-14H2,1-2H3,(H,24,26)(H,25,27). The molecule has 0 aliphatic heterocycles. The summed E-state index contributed by atoms with van der Waals surface area (Å²) < 4.78 is 5.24. The van der Waals surface area contributed by atoms with Crippen LogP contribution in [-0.4, -0.2) is 25.5 Å². The Balaban J connectivity index is 1.67. The fraction of sp³-hybridized carbons (Fsp3) is 0.364. The molecule has 6 heteroatoms. The number of carbonyl (C=O) groups excluding carboxylic acids is 2. The first-order chi connectivity index (χ1) is 13.4. The van der Waals surface area contributed by atoms with E-state index in [1.807, 2.05) is 24.3 Å². The quantitative estimate of drug-likeness (QED) is 0.738. The summed E-state index contributed by atoms with van der Waals surface area (Å²) in [6.45, 7) is 2.23. The van der Waals surface area contributed by atoms with Crippen LogP contribution in [-0.2, 0) is 15.0 Å². The van der Waals surface area contributed by atoms with Gasteiger partial charge >= 0.3 is 11.8 Å². The Morgan fingerprint density at radius 3 is 2.39 bits per heavy atom. The molecule has 0 atom stereocenters. The molecule has 0 unspecified atom stereocenters. The molecule has 5 nitrogen and oxygen atoms in total. The van der Waals surface area contributed by atoms with E-state index >= 15 is 0 Å². The van der Waals surface area contributed by atoms with Gasteiger partial charge in [0.15, 0.2) is 0 Å². The molecule has 2 aromatic carbocycles. The predicted molar refractivity (Wildman–Crippen MR) is 111 cm³/mol. The Kier molecular flexibility index (Phi) is 6.25. The molecule has 2 aromatic rings. The Morgan fingerprint density at radius 1 is 1.07 bits per heavy atom. The van der Waals surface area contributed by atoms with E-state index in [0.717, 1.165) is 42.6 Å². The highest BCUT2D eigenvalue weighted by Gasteiger charge is 2.36. The molecule has 28 heavy (non-hydrogen) atoms. The minimum absolute atomic E-state index is 0.145. The van der Waals surface area contributed by atoms with E-state index in [2.05, 4.69) is 10.6 Å². The van der Waals surface area contributed by atoms with Crippen LogP contribution in [0.2, 0.25) is 5.02 Å². The van der Waals surface area contributed by atoms with Gasteiger partial charge in [-0.1, -0.05) is 42.6 Å². The topological polar surface area (TPSA) is 67.4 Å². The summed E-state index contributed by atoms with van der Waals surface area (Å²) in [6.07, 6.45) is 4.18. The summed E-state index contributed by atoms with van der Waals surface area (Å²) in [4.78, 5) is 24.7. The number of nitrogens with one attached hydrogen (secondary N) is 2. The average Bonchev–Trinajstić information content (AvgIpc) is 3.20. The number of benzene rings is 2. The van der Waals surface area contributed by atoms with Crippen molar-refractivity contribution >= 4 is 29.1 Å². The number of hydrogen-bond acceptors (Lipinski definition) is 3. The predicted octanol–water partition coefficient (Wildman–Crippen LogP) is 4.22. The lowest BCUT2D eigenvalue weighted by molar-refractivity contribution is -0.136. The molecule has 1 aliphatic rings. The summed E-state index contributed by atoms with van der Waals surface area (Å²) in [5, 5.41) is 6.02. The Morgan fingerprint density at radius 2 is 1.75 bits per heavy atom. The minimum atomic E-state index is -0.687. The molecule has 0 spiro atoms. The van der Waals surface area contributed by atoms with Gasteiger partial charge in [0.05, 0.1) is 7.11 Å². The van der Waals surface area contributed by atoms with Crippen molar-refractivity contribution in [3.8, 4) is 5.75 Å². The number of hydrogen-bond donors (Lipinski definition) is 2. The third-order valence-corrected chi connectivity index (χ3v) is 5.98. The zero-order valence-corrected chi connectivity index (χ0v) is 16.9. The van der Waals surface area contributed by atoms with Gasteiger partial charge in [-0.2, -0.15) is 0 Å². The molecule has 2 amide bonds. The summed E-state index contributed by atoms with van der Waals surface area (Å²) >= 11 is 6.07. The van der Waals surface area contributed by atoms with Gasteiger partial charge < -0.3 is 15.4 Å². The summed E-state index contributed by atoms with van der Waals surface area (Å²) in [5.74, 6) is -0.524. The molecule has 2 N–H and O–H groups in total. The lowest BCUT2D eigenvalue weighted by Crippen LogP contribution is -2.43. The molecular weight excluding hydrogens is 376 g/mol. The van der Waals surface area contributed by atoms with Crippen LogP contribution in [0.4, 0.5) is 5.69 Å². The third kappa shape index (κ3) is 4.30. The highest BCUT2D eigenvalue weighted by Crippen LogP contribution is 2.41. The van der Waals surface area contributed by atoms with Gasteiger partial charge in [0.1, 0.15) is 5.75 Å². The summed E-state index contributed by atoms with van der Waals surface area (Å²) in [5.41, 5.74) is 2.29. The monoisotopic (exact) mass is 400 g/mol. The van der Waals surface area contributed by atoms with E-state index in [0.29, 0.717) is 17.3 Å². The molecule has 148 valence electrons. The smallest absolute Gasteiger partial charge is 0.313 e. The van der Waals surface area contributed by atoms with Gasteiger partial charge in [0, 0.05) is 22.7 Å². The number of anilines is 1. The first-order valence-corrected chi connectivity index (χ1v) is 9.82. The zero-order valence-electron chi connectivity index (χ0n) is 16.2. The molecule has 0 heterocycles. The highest BCUT2D eigenvalue weighted by atomic mass is 35.5. The van der Waals surface area contributed by atoms with Crippen LogP contribution < -0.4 is 15.4 Å². The van der Waals surface area contributed by atoms with Crippen molar-refractivity contribution < 1.29 is 14.3 Å². The maximum absolute atomic E-state index is 12.4. The van der Waals surface area contributed by atoms with Crippen molar-refractivity contribution in [1.29, 1.82) is 0 Å². The molecule has 0 radical (unpaired) electrons. The van der Waals surface area contributed by atoms with E-state index in [1.165, 1.54) is 0 Å². The van der Waals surface area contributed by atoms with Crippen LogP contribution in [0.1, 0.15) is 36.8 Å². The Hall–Kier alpha value is -2.53. The van der Waals surface area contributed by atoms with E-state index in [4.69, 9.17) is 16.3 Å². The van der Waals surface area contributed by atoms with Crippen LogP contribution in [0.25, 0.3) is 0 Å². The molecule has 1 fully saturated rings. The van der Waals surface area contributed by atoms with Gasteiger partial charge in [0.25, 0.3) is 0 Å². The van der Waals surface area contributed by atoms with E-state index < -0.39 is 11.8 Å². The SMILES string of the molecule is COc1ccc(C2(CNC(=O)C(=O)Nc3cccc(Cl)c3C)CCCC2)cc1. The number of methoxy groups -OCH3 is 1. The van der Waals surface area contributed by atoms with Crippen LogP contribution in [0, 0.1) is 6.92 Å². The lowest BCUT2D eigenvalue weighted by Gasteiger charge is -2.30. The molecule has 1 aliphatic carbocycles. The summed E-state index contributed by atoms with van der Waals surface area (Å²) in [6, 6.07) is 13.2. The van der Waals surface area contributed by atoms with Crippen LogP contribution >= 0.6 is 11.6 Å². The molecular formula is C22H25ClN2O3. The van der Waals surface area contributed by atoms with E-state index in [-0.39, 0.29) is 5.41 Å². The molecule has 0 bridgehead atoms. The van der Waals surface area contributed by atoms with Crippen molar-refractivity contribution in [3.05, 3.63) is 58.6 Å². The highest BCUT2D eigenvalue weighted by molar-refractivity contribution is 6.40. The second-order valence-electron chi connectivity index (χ2n) is 7.27. The second-order valence-corrected chi connectivity index (χ2v) is 7.67. The van der Waals surface area contributed by atoms with Crippen molar-refractivity contribution in [2.75, 3.05) is 19.0 Å². The summed E-state index contributed by atoms with van der Waals surface area (Å²) in [7, 11) is 1.64. The van der Waals surface area contributed by atoms with Crippen LogP contribution in [0.5, 0.6) is 5.75 Å². The minimum Gasteiger partial charge on any atom is -0.497 e. The maximum Gasteiger partial charge on any atom is 0.313 e. The molecule has 0 saturated heterocycles. The van der Waals surface area contributed by atoms with Crippen molar-refractivity contribution in [3.63, 3.8) is 0 Å². The van der Waals surface area contributed by atoms with Crippen molar-refractivity contribution in [1.82, 2.24) is 5.32 Å². The number of rotatable bonds is 5. The Bertz CT molecular complexity index is 859. The second kappa shape index (κ2) is 8.65. The Labute approximate surface area is 170 Å². The van der Waals surface area contributed by atoms with Gasteiger partial charge in [-0.3, -0.25) is 9.59 Å². The maximum atomic E-state index is 12.4. The zero-order chi connectivity index (χ0) is 20.1. The number of ether oxygens (including phenoxy) is 1. The lowest BCUT2D eigenvalue weighted by atomic mass is 9.78. The van der Waals surface area contributed by atoms with Crippen molar-refractivity contribution in [2.24, 2.45) is 0 Å². The van der Waals surface area contributed by atoms with E-state index in [1.54, 1.807) is 32.2 Å². The molecule has 0 aromatic heterocycles. The van der Waals surface area contributed by atoms with E-state index in [9.17, 15) is 9.59 Å². The number of halogens is 1. The largest absolute Gasteiger partial charge is 0.497 e. The van der Waals surface area contributed by atoms with Crippen LogP contribution in [0.3, 0.4) is 0 Å². The number of carbonyl (C=O) groups is 2. The normalized spacial score (nSPS) is 15.1. The molecule has 3 rings (SSSR count). The fourth-order valence-corrected chi connectivity index (χ4v) is 3.99. The first kappa shape index (κ1) is 20.2. The van der Waals surface area contributed by atoms with Gasteiger partial charge in [-0.25, -0.2) is 0 Å². The number of amides is 2. The van der Waals surface area contributed by atoms with Crippen LogP contribution in [0.15, 0.2) is 42.5 Å². The van der Waals surface area contributed by atoms with Gasteiger partial charge in [-0.15, -0.1) is 0 Å². The average molecular weight is 401 g/mol. The first-order valence-electron chi connectivity index (χ1n) is 9.44. The van der Waals surface area contributed by atoms with Gasteiger partial charge in [-0.05, 0) is 55.2 Å². The van der Waals surface area contributed by atoms with Gasteiger partial charge in [0.2, 0.25) is 0 Å². The van der Waals surface area contributed by atoms with Crippen molar-refractivity contribution in [2.45, 2.75) is 38.0 Å². The third-order valence-electron chi connectivity index (χ3n) is 5.57.